The van der Waals surface area contributed by atoms with Gasteiger partial charge in [-0.05, 0) is 12.8 Å². The molecule has 1 heterocycles. The van der Waals surface area contributed by atoms with Crippen LogP contribution in [0, 0.1) is 12.3 Å². The smallest absolute Gasteiger partial charge is 0.218 e. The highest BCUT2D eigenvalue weighted by atomic mass is 16.5. The van der Waals surface area contributed by atoms with Crippen LogP contribution in [0.5, 0.6) is 5.88 Å². The van der Waals surface area contributed by atoms with Crippen LogP contribution in [0.25, 0.3) is 0 Å². The Kier molecular flexibility index (Phi) is 5.87. The summed E-state index contributed by atoms with van der Waals surface area (Å²) >= 11 is 0. The summed E-state index contributed by atoms with van der Waals surface area (Å²) in [6.07, 6.45) is 9.83. The van der Waals surface area contributed by atoms with Crippen molar-refractivity contribution in [1.29, 1.82) is 0 Å². The van der Waals surface area contributed by atoms with Crippen LogP contribution in [0.4, 0.5) is 5.82 Å². The summed E-state index contributed by atoms with van der Waals surface area (Å²) in [6.45, 7) is 4.81. The van der Waals surface area contributed by atoms with E-state index in [9.17, 15) is 0 Å². The lowest BCUT2D eigenvalue weighted by atomic mass is 10.2. The zero-order valence-electron chi connectivity index (χ0n) is 10.4. The van der Waals surface area contributed by atoms with Crippen molar-refractivity contribution in [1.82, 2.24) is 9.97 Å². The first-order chi connectivity index (χ1) is 8.30. The molecule has 0 aliphatic heterocycles. The molecule has 0 amide bonds. The largest absolute Gasteiger partial charge is 0.478 e. The van der Waals surface area contributed by atoms with E-state index in [0.717, 1.165) is 19.3 Å². The summed E-state index contributed by atoms with van der Waals surface area (Å²) in [4.78, 5) is 8.15. The molecule has 1 aromatic heterocycles. The van der Waals surface area contributed by atoms with Gasteiger partial charge in [0.2, 0.25) is 5.88 Å². The van der Waals surface area contributed by atoms with Crippen molar-refractivity contribution in [2.45, 2.75) is 39.2 Å². The standard InChI is InChI=1S/C13H19N3O/c1-4-7-11(6-3)16-12-9-13(15-10-14-12)17-8-5-2/h3,9-11H,4-5,7-8H2,1-2H3,(H,14,15,16). The van der Waals surface area contributed by atoms with E-state index in [2.05, 4.69) is 35.1 Å². The first-order valence-electron chi connectivity index (χ1n) is 5.97. The molecule has 1 atom stereocenters. The number of nitrogens with one attached hydrogen (secondary N) is 1. The van der Waals surface area contributed by atoms with Crippen LogP contribution in [0.2, 0.25) is 0 Å². The molecule has 0 spiro atoms. The van der Waals surface area contributed by atoms with E-state index >= 15 is 0 Å². The number of hydrogen-bond donors (Lipinski definition) is 1. The van der Waals surface area contributed by atoms with E-state index in [0.29, 0.717) is 18.3 Å². The zero-order valence-corrected chi connectivity index (χ0v) is 10.4. The van der Waals surface area contributed by atoms with Crippen LogP contribution < -0.4 is 10.1 Å². The van der Waals surface area contributed by atoms with Gasteiger partial charge in [0.1, 0.15) is 12.1 Å². The number of rotatable bonds is 7. The van der Waals surface area contributed by atoms with Crippen LogP contribution in [0.15, 0.2) is 12.4 Å². The van der Waals surface area contributed by atoms with Gasteiger partial charge in [-0.3, -0.25) is 0 Å². The maximum atomic E-state index is 5.44. The Balaban J connectivity index is 2.61. The summed E-state index contributed by atoms with van der Waals surface area (Å²) in [5, 5.41) is 3.18. The SMILES string of the molecule is C#CC(CCC)Nc1cc(OCCC)ncn1. The van der Waals surface area contributed by atoms with Gasteiger partial charge in [-0.15, -0.1) is 6.42 Å². The number of anilines is 1. The topological polar surface area (TPSA) is 47.0 Å². The molecule has 1 N–H and O–H groups in total. The molecule has 92 valence electrons. The van der Waals surface area contributed by atoms with Crippen LogP contribution >= 0.6 is 0 Å². The third kappa shape index (κ3) is 4.73. The fourth-order valence-electron chi connectivity index (χ4n) is 1.37. The fraction of sp³-hybridized carbons (Fsp3) is 0.538. The van der Waals surface area contributed by atoms with E-state index in [1.807, 2.05) is 0 Å². The second-order valence-corrected chi connectivity index (χ2v) is 3.74. The highest BCUT2D eigenvalue weighted by Gasteiger charge is 2.05. The molecule has 4 heteroatoms. The van der Waals surface area contributed by atoms with Crippen molar-refractivity contribution < 1.29 is 4.74 Å². The molecule has 0 radical (unpaired) electrons. The van der Waals surface area contributed by atoms with Crippen molar-refractivity contribution in [2.75, 3.05) is 11.9 Å². The highest BCUT2D eigenvalue weighted by Crippen LogP contribution is 2.13. The molecule has 0 saturated heterocycles. The number of aromatic nitrogens is 2. The third-order valence-electron chi connectivity index (χ3n) is 2.20. The second kappa shape index (κ2) is 7.50. The van der Waals surface area contributed by atoms with Gasteiger partial charge in [-0.25, -0.2) is 9.97 Å². The summed E-state index contributed by atoms with van der Waals surface area (Å²) in [6, 6.07) is 1.78. The van der Waals surface area contributed by atoms with Crippen LogP contribution in [-0.4, -0.2) is 22.6 Å². The molecule has 1 rings (SSSR count). The first kappa shape index (κ1) is 13.3. The number of hydrogen-bond acceptors (Lipinski definition) is 4. The number of ether oxygens (including phenoxy) is 1. The summed E-state index contributed by atoms with van der Waals surface area (Å²) in [5.74, 6) is 3.99. The fourth-order valence-corrected chi connectivity index (χ4v) is 1.37. The van der Waals surface area contributed by atoms with Crippen molar-refractivity contribution >= 4 is 5.82 Å². The molecule has 0 bridgehead atoms. The number of terminal acetylenes is 1. The van der Waals surface area contributed by atoms with Crippen molar-refractivity contribution in [2.24, 2.45) is 0 Å². The maximum Gasteiger partial charge on any atom is 0.218 e. The monoisotopic (exact) mass is 233 g/mol. The second-order valence-electron chi connectivity index (χ2n) is 3.74. The first-order valence-corrected chi connectivity index (χ1v) is 5.97. The highest BCUT2D eigenvalue weighted by molar-refractivity contribution is 5.40. The van der Waals surface area contributed by atoms with Gasteiger partial charge < -0.3 is 10.1 Å². The van der Waals surface area contributed by atoms with Gasteiger partial charge in [-0.2, -0.15) is 0 Å². The van der Waals surface area contributed by atoms with E-state index in [1.54, 1.807) is 6.07 Å². The molecule has 0 saturated carbocycles. The molecular weight excluding hydrogens is 214 g/mol. The minimum absolute atomic E-state index is 0.00826. The van der Waals surface area contributed by atoms with Gasteiger partial charge in [-0.1, -0.05) is 26.2 Å². The minimum atomic E-state index is 0.00826. The van der Waals surface area contributed by atoms with Gasteiger partial charge >= 0.3 is 0 Å². The Labute approximate surface area is 103 Å². The Morgan fingerprint density at radius 3 is 2.88 bits per heavy atom. The zero-order chi connectivity index (χ0) is 12.5. The van der Waals surface area contributed by atoms with E-state index in [1.165, 1.54) is 6.33 Å². The van der Waals surface area contributed by atoms with Gasteiger partial charge in [0, 0.05) is 6.07 Å². The van der Waals surface area contributed by atoms with Crippen LogP contribution in [0.3, 0.4) is 0 Å². The molecular formula is C13H19N3O. The molecule has 17 heavy (non-hydrogen) atoms. The summed E-state index contributed by atoms with van der Waals surface area (Å²) in [5.41, 5.74) is 0. The minimum Gasteiger partial charge on any atom is -0.478 e. The van der Waals surface area contributed by atoms with E-state index in [4.69, 9.17) is 11.2 Å². The third-order valence-corrected chi connectivity index (χ3v) is 2.20. The van der Waals surface area contributed by atoms with Gasteiger partial charge in [0.15, 0.2) is 0 Å². The van der Waals surface area contributed by atoms with Gasteiger partial charge in [0.05, 0.1) is 12.6 Å². The van der Waals surface area contributed by atoms with Crippen LogP contribution in [0.1, 0.15) is 33.1 Å². The lowest BCUT2D eigenvalue weighted by Gasteiger charge is -2.13. The molecule has 1 unspecified atom stereocenters. The quantitative estimate of drug-likeness (QED) is 0.735. The van der Waals surface area contributed by atoms with Gasteiger partial charge in [0.25, 0.3) is 0 Å². The molecule has 0 aliphatic rings. The van der Waals surface area contributed by atoms with Crippen LogP contribution in [-0.2, 0) is 0 Å². The van der Waals surface area contributed by atoms with E-state index < -0.39 is 0 Å². The van der Waals surface area contributed by atoms with E-state index in [-0.39, 0.29) is 6.04 Å². The predicted molar refractivity (Wildman–Crippen MR) is 69.0 cm³/mol. The Morgan fingerprint density at radius 1 is 1.41 bits per heavy atom. The van der Waals surface area contributed by atoms with Crippen molar-refractivity contribution in [3.63, 3.8) is 0 Å². The lowest BCUT2D eigenvalue weighted by Crippen LogP contribution is -2.17. The summed E-state index contributed by atoms with van der Waals surface area (Å²) < 4.78 is 5.43. The predicted octanol–water partition coefficient (Wildman–Crippen LogP) is 2.48. The molecule has 1 aromatic rings. The van der Waals surface area contributed by atoms with Crippen molar-refractivity contribution in [3.8, 4) is 18.2 Å². The van der Waals surface area contributed by atoms with Crippen molar-refractivity contribution in [3.05, 3.63) is 12.4 Å². The average molecular weight is 233 g/mol. The molecule has 0 aliphatic carbocycles. The Hall–Kier alpha value is -1.76. The molecule has 0 fully saturated rings. The average Bonchev–Trinajstić information content (AvgIpc) is 2.36. The molecule has 0 aromatic carbocycles. The normalized spacial score (nSPS) is 11.6. The summed E-state index contributed by atoms with van der Waals surface area (Å²) in [7, 11) is 0. The molecule has 4 nitrogen and oxygen atoms in total. The maximum absolute atomic E-state index is 5.44. The lowest BCUT2D eigenvalue weighted by molar-refractivity contribution is 0.305. The Bertz CT molecular complexity index is 373. The number of nitrogens with zero attached hydrogens (tertiary/aromatic N) is 2. The Morgan fingerprint density at radius 2 is 2.24 bits per heavy atom.